The van der Waals surface area contributed by atoms with Gasteiger partial charge in [-0.3, -0.25) is 0 Å². The van der Waals surface area contributed by atoms with Crippen LogP contribution in [0.1, 0.15) is 0 Å². The Bertz CT molecular complexity index is 130. The van der Waals surface area contributed by atoms with Gasteiger partial charge >= 0.3 is 51.2 Å². The van der Waals surface area contributed by atoms with Crippen LogP contribution >= 0.6 is 15.6 Å². The molecule has 0 amide bonds. The fourth-order valence-electron chi connectivity index (χ4n) is 0. The molecule has 14 heavy (non-hydrogen) atoms. The molecule has 0 bridgehead atoms. The Hall–Kier alpha value is 1.74. The summed E-state index contributed by atoms with van der Waals surface area (Å²) < 4.78 is 17.1. The number of hydrogen-bond acceptors (Lipinski definition) is 8. The minimum atomic E-state index is -5.39. The Morgan fingerprint density at radius 2 is 0.571 bits per heavy atom. The third-order valence-electron chi connectivity index (χ3n) is 0. The van der Waals surface area contributed by atoms with Gasteiger partial charge in [0.05, 0.1) is 0 Å². The summed E-state index contributed by atoms with van der Waals surface area (Å²) in [6, 6.07) is 0. The van der Waals surface area contributed by atoms with E-state index in [4.69, 9.17) is 38.5 Å². The first-order valence-electron chi connectivity index (χ1n) is 1.46. The average molecular weight is 375 g/mol. The van der Waals surface area contributed by atoms with Crippen LogP contribution in [0.2, 0.25) is 0 Å². The van der Waals surface area contributed by atoms with Crippen LogP contribution in [0.3, 0.4) is 0 Å². The van der Waals surface area contributed by atoms with Crippen molar-refractivity contribution in [3.63, 3.8) is 0 Å². The second-order valence-electron chi connectivity index (χ2n) is 0.894. The van der Waals surface area contributed by atoms with Crippen LogP contribution in [0.5, 0.6) is 0 Å². The van der Waals surface area contributed by atoms with Crippen molar-refractivity contribution in [2.75, 3.05) is 0 Å². The van der Waals surface area contributed by atoms with Crippen LogP contribution in [0, 0.1) is 0 Å². The van der Waals surface area contributed by atoms with Crippen LogP contribution in [-0.4, -0.2) is 5.48 Å². The monoisotopic (exact) mass is 376 g/mol. The maximum atomic E-state index is 8.55. The smallest absolute Gasteiger partial charge is 0.822 e. The first kappa shape index (κ1) is 36.0. The SMILES string of the molecule is O.O=P([O-])([O-])[O-].O=P([O-])([O-])[O-].[Fe+2].[Fe+2].[Fe+2]. The molecule has 0 aliphatic carbocycles. The number of phosphoric acid groups is 2. The van der Waals surface area contributed by atoms with Crippen molar-refractivity contribution in [3.8, 4) is 0 Å². The molecule has 9 nitrogen and oxygen atoms in total. The van der Waals surface area contributed by atoms with Crippen molar-refractivity contribution < 1.29 is 95.2 Å². The standard InChI is InChI=1S/3Fe.2H3O4P.H2O/c;;;2*1-5(2,3)4;/h;;;2*(H3,1,2,3,4);1H2/q3*+2;;;/p-6. The van der Waals surface area contributed by atoms with Gasteiger partial charge in [-0.2, -0.15) is 15.6 Å². The minimum absolute atomic E-state index is 0. The van der Waals surface area contributed by atoms with Crippen LogP contribution < -0.4 is 29.4 Å². The van der Waals surface area contributed by atoms with Crippen LogP contribution in [0.4, 0.5) is 0 Å². The number of hydrogen-bond donors (Lipinski definition) is 0. The maximum absolute atomic E-state index is 8.55. The van der Waals surface area contributed by atoms with Crippen molar-refractivity contribution in [2.24, 2.45) is 0 Å². The molecule has 0 atom stereocenters. The Kier molecular flexibility index (Phi) is 37.9. The molecule has 0 saturated heterocycles. The Labute approximate surface area is 111 Å². The van der Waals surface area contributed by atoms with E-state index in [0.717, 1.165) is 0 Å². The fourth-order valence-corrected chi connectivity index (χ4v) is 0. The summed E-state index contributed by atoms with van der Waals surface area (Å²) in [7, 11) is -10.8. The molecular formula is H2Fe3O9P2. The first-order valence-corrected chi connectivity index (χ1v) is 4.38. The van der Waals surface area contributed by atoms with Crippen LogP contribution in [0.25, 0.3) is 0 Å². The van der Waals surface area contributed by atoms with Crippen molar-refractivity contribution >= 4 is 15.6 Å². The van der Waals surface area contributed by atoms with Gasteiger partial charge in [0.25, 0.3) is 0 Å². The van der Waals surface area contributed by atoms with E-state index in [0.29, 0.717) is 0 Å². The summed E-state index contributed by atoms with van der Waals surface area (Å²) in [5.74, 6) is 0. The van der Waals surface area contributed by atoms with E-state index in [9.17, 15) is 0 Å². The van der Waals surface area contributed by atoms with E-state index >= 15 is 0 Å². The molecule has 0 saturated carbocycles. The van der Waals surface area contributed by atoms with E-state index in [2.05, 4.69) is 0 Å². The van der Waals surface area contributed by atoms with E-state index < -0.39 is 15.6 Å². The zero-order valence-corrected chi connectivity index (χ0v) is 10.8. The molecule has 0 fully saturated rings. The normalized spacial score (nSPS) is 8.43. The molecule has 0 aliphatic rings. The average Bonchev–Trinajstić information content (AvgIpc) is 1.12. The summed E-state index contributed by atoms with van der Waals surface area (Å²) in [5, 5.41) is 0. The third-order valence-corrected chi connectivity index (χ3v) is 0. The molecular weight excluding hydrogens is 373 g/mol. The molecule has 0 unspecified atom stereocenters. The quantitative estimate of drug-likeness (QED) is 0.293. The maximum Gasteiger partial charge on any atom is 2.00 e. The zero-order valence-electron chi connectivity index (χ0n) is 5.72. The van der Waals surface area contributed by atoms with Gasteiger partial charge in [-0.1, -0.05) is 0 Å². The second-order valence-corrected chi connectivity index (χ2v) is 2.68. The first-order chi connectivity index (χ1) is 4.00. The van der Waals surface area contributed by atoms with Gasteiger partial charge in [0.1, 0.15) is 0 Å². The Morgan fingerprint density at radius 1 is 0.571 bits per heavy atom. The Morgan fingerprint density at radius 3 is 0.571 bits per heavy atom. The van der Waals surface area contributed by atoms with Crippen molar-refractivity contribution in [1.82, 2.24) is 0 Å². The second kappa shape index (κ2) is 14.7. The number of rotatable bonds is 0. The van der Waals surface area contributed by atoms with E-state index in [1.807, 2.05) is 0 Å². The molecule has 0 radical (unpaired) electrons. The zero-order chi connectivity index (χ0) is 9.00. The molecule has 0 aromatic heterocycles. The minimum Gasteiger partial charge on any atom is -0.822 e. The van der Waals surface area contributed by atoms with Crippen LogP contribution in [0.15, 0.2) is 0 Å². The topological polar surface area (TPSA) is 204 Å². The molecule has 14 heteroatoms. The van der Waals surface area contributed by atoms with Gasteiger partial charge in [0.2, 0.25) is 0 Å². The van der Waals surface area contributed by atoms with E-state index in [1.54, 1.807) is 0 Å². The molecule has 0 spiro atoms. The van der Waals surface area contributed by atoms with E-state index in [1.165, 1.54) is 0 Å². The summed E-state index contributed by atoms with van der Waals surface area (Å²) in [6.07, 6.45) is 0. The molecule has 2 N–H and O–H groups in total. The predicted molar refractivity (Wildman–Crippen MR) is 18.8 cm³/mol. The van der Waals surface area contributed by atoms with Crippen molar-refractivity contribution in [2.45, 2.75) is 0 Å². The molecule has 0 aliphatic heterocycles. The van der Waals surface area contributed by atoms with E-state index in [-0.39, 0.29) is 56.7 Å². The summed E-state index contributed by atoms with van der Waals surface area (Å²) in [6.45, 7) is 0. The molecule has 90 valence electrons. The fraction of sp³-hybridized carbons (Fsp3) is 0. The van der Waals surface area contributed by atoms with Gasteiger partial charge in [-0.05, 0) is 0 Å². The van der Waals surface area contributed by atoms with Gasteiger partial charge in [-0.15, -0.1) is 0 Å². The predicted octanol–water partition coefficient (Wildman–Crippen LogP) is -6.48. The summed E-state index contributed by atoms with van der Waals surface area (Å²) in [4.78, 5) is 51.3. The van der Waals surface area contributed by atoms with Crippen LogP contribution in [-0.2, 0) is 60.3 Å². The van der Waals surface area contributed by atoms with Crippen molar-refractivity contribution in [3.05, 3.63) is 0 Å². The van der Waals surface area contributed by atoms with Crippen molar-refractivity contribution in [1.29, 1.82) is 0 Å². The molecule has 0 rings (SSSR count). The van der Waals surface area contributed by atoms with Gasteiger partial charge < -0.3 is 44.0 Å². The largest absolute Gasteiger partial charge is 2.00 e. The third kappa shape index (κ3) is 738. The Balaban J connectivity index is -0.0000000178. The van der Waals surface area contributed by atoms with Gasteiger partial charge in [0, 0.05) is 0 Å². The molecule has 0 heterocycles. The summed E-state index contributed by atoms with van der Waals surface area (Å²) in [5.41, 5.74) is 0. The van der Waals surface area contributed by atoms with Gasteiger partial charge in [0.15, 0.2) is 0 Å². The molecule has 0 aromatic rings. The summed E-state index contributed by atoms with van der Waals surface area (Å²) >= 11 is 0. The molecule has 0 aromatic carbocycles. The van der Waals surface area contributed by atoms with Gasteiger partial charge in [-0.25, -0.2) is 0 Å².